The Kier molecular flexibility index (Phi) is 5.63. The van der Waals surface area contributed by atoms with Crippen molar-refractivity contribution in [1.29, 1.82) is 0 Å². The number of nitrogens with one attached hydrogen (secondary N) is 2. The van der Waals surface area contributed by atoms with E-state index < -0.39 is 21.7 Å². The molecule has 2 N–H and O–H groups in total. The third kappa shape index (κ3) is 5.31. The van der Waals surface area contributed by atoms with Gasteiger partial charge in [-0.05, 0) is 6.07 Å². The SMILES string of the molecule is O=S(=O)(CCN1CCNCC1)NCc1ccc(F)cc1F. The zero-order valence-electron chi connectivity index (χ0n) is 11.6. The van der Waals surface area contributed by atoms with E-state index in [0.29, 0.717) is 6.54 Å². The topological polar surface area (TPSA) is 61.4 Å². The number of hydrogen-bond donors (Lipinski definition) is 2. The number of halogens is 2. The van der Waals surface area contributed by atoms with Crippen molar-refractivity contribution in [1.82, 2.24) is 14.9 Å². The predicted octanol–water partition coefficient (Wildman–Crippen LogP) is 0.289. The highest BCUT2D eigenvalue weighted by atomic mass is 32.2. The lowest BCUT2D eigenvalue weighted by molar-refractivity contribution is 0.253. The van der Waals surface area contributed by atoms with Gasteiger partial charge < -0.3 is 5.32 Å². The highest BCUT2D eigenvalue weighted by Gasteiger charge is 2.16. The van der Waals surface area contributed by atoms with E-state index in [-0.39, 0.29) is 17.9 Å². The molecule has 1 fully saturated rings. The third-order valence-electron chi connectivity index (χ3n) is 3.38. The van der Waals surface area contributed by atoms with Gasteiger partial charge in [-0.15, -0.1) is 0 Å². The van der Waals surface area contributed by atoms with Gasteiger partial charge in [0.25, 0.3) is 0 Å². The van der Waals surface area contributed by atoms with Crippen molar-refractivity contribution in [2.45, 2.75) is 6.54 Å². The minimum Gasteiger partial charge on any atom is -0.314 e. The highest BCUT2D eigenvalue weighted by molar-refractivity contribution is 7.89. The van der Waals surface area contributed by atoms with Crippen molar-refractivity contribution >= 4 is 10.0 Å². The predicted molar refractivity (Wildman–Crippen MR) is 76.3 cm³/mol. The molecule has 1 aromatic rings. The Morgan fingerprint density at radius 3 is 2.62 bits per heavy atom. The Balaban J connectivity index is 1.83. The lowest BCUT2D eigenvalue weighted by atomic mass is 10.2. The minimum atomic E-state index is -3.48. The van der Waals surface area contributed by atoms with Gasteiger partial charge in [0.1, 0.15) is 11.6 Å². The first-order chi connectivity index (χ1) is 9.96. The summed E-state index contributed by atoms with van der Waals surface area (Å²) in [6.07, 6.45) is 0. The Hall–Kier alpha value is -1.09. The van der Waals surface area contributed by atoms with Gasteiger partial charge in [0.2, 0.25) is 10.0 Å². The summed E-state index contributed by atoms with van der Waals surface area (Å²) in [4.78, 5) is 2.06. The van der Waals surface area contributed by atoms with Crippen LogP contribution in [0.3, 0.4) is 0 Å². The Morgan fingerprint density at radius 2 is 1.95 bits per heavy atom. The van der Waals surface area contributed by atoms with Crippen molar-refractivity contribution in [2.75, 3.05) is 38.5 Å². The van der Waals surface area contributed by atoms with E-state index in [0.717, 1.165) is 38.3 Å². The molecule has 0 bridgehead atoms. The van der Waals surface area contributed by atoms with E-state index in [2.05, 4.69) is 14.9 Å². The second-order valence-electron chi connectivity index (χ2n) is 4.97. The summed E-state index contributed by atoms with van der Waals surface area (Å²) in [7, 11) is -3.48. The average Bonchev–Trinajstić information content (AvgIpc) is 2.45. The molecule has 0 radical (unpaired) electrons. The molecule has 0 spiro atoms. The summed E-state index contributed by atoms with van der Waals surface area (Å²) in [6.45, 7) is 3.63. The number of benzene rings is 1. The number of hydrogen-bond acceptors (Lipinski definition) is 4. The molecule has 0 atom stereocenters. The molecule has 1 aliphatic heterocycles. The van der Waals surface area contributed by atoms with E-state index in [9.17, 15) is 17.2 Å². The van der Waals surface area contributed by atoms with Crippen molar-refractivity contribution in [3.63, 3.8) is 0 Å². The van der Waals surface area contributed by atoms with E-state index in [1.54, 1.807) is 0 Å². The molecule has 118 valence electrons. The molecule has 0 amide bonds. The normalized spacial score (nSPS) is 17.0. The fourth-order valence-electron chi connectivity index (χ4n) is 2.11. The zero-order chi connectivity index (χ0) is 15.3. The molecule has 1 aromatic carbocycles. The third-order valence-corrected chi connectivity index (χ3v) is 4.69. The molecule has 1 aliphatic rings. The Morgan fingerprint density at radius 1 is 1.24 bits per heavy atom. The Labute approximate surface area is 123 Å². The summed E-state index contributed by atoms with van der Waals surface area (Å²) in [5.41, 5.74) is 0.127. The van der Waals surface area contributed by atoms with Crippen LogP contribution < -0.4 is 10.0 Å². The Bertz CT molecular complexity index is 575. The lowest BCUT2D eigenvalue weighted by Gasteiger charge is -2.26. The standard InChI is InChI=1S/C13H19F2N3O2S/c14-12-2-1-11(13(15)9-12)10-17-21(19,20)8-7-18-5-3-16-4-6-18/h1-2,9,16-17H,3-8,10H2. The molecule has 0 aromatic heterocycles. The maximum Gasteiger partial charge on any atom is 0.213 e. The molecule has 1 heterocycles. The summed E-state index contributed by atoms with van der Waals surface area (Å²) < 4.78 is 52.3. The molecule has 8 heteroatoms. The van der Waals surface area contributed by atoms with Gasteiger partial charge in [-0.3, -0.25) is 4.90 Å². The van der Waals surface area contributed by atoms with Gasteiger partial charge in [0, 0.05) is 50.9 Å². The molecule has 0 saturated carbocycles. The van der Waals surface area contributed by atoms with Gasteiger partial charge in [-0.2, -0.15) is 0 Å². The van der Waals surface area contributed by atoms with Crippen molar-refractivity contribution in [3.8, 4) is 0 Å². The summed E-state index contributed by atoms with van der Waals surface area (Å²) in [5, 5.41) is 3.19. The van der Waals surface area contributed by atoms with Crippen LogP contribution in [0, 0.1) is 11.6 Å². The van der Waals surface area contributed by atoms with Crippen molar-refractivity contribution < 1.29 is 17.2 Å². The van der Waals surface area contributed by atoms with Crippen LogP contribution in [0.4, 0.5) is 8.78 Å². The smallest absolute Gasteiger partial charge is 0.213 e. The number of sulfonamides is 1. The maximum atomic E-state index is 13.4. The molecular formula is C13H19F2N3O2S. The molecule has 0 unspecified atom stereocenters. The first-order valence-electron chi connectivity index (χ1n) is 6.81. The van der Waals surface area contributed by atoms with Gasteiger partial charge >= 0.3 is 0 Å². The van der Waals surface area contributed by atoms with Crippen LogP contribution in [0.15, 0.2) is 18.2 Å². The van der Waals surface area contributed by atoms with Gasteiger partial charge in [0.05, 0.1) is 5.75 Å². The summed E-state index contributed by atoms with van der Waals surface area (Å²) in [5.74, 6) is -1.46. The van der Waals surface area contributed by atoms with Crippen LogP contribution in [-0.2, 0) is 16.6 Å². The molecular weight excluding hydrogens is 300 g/mol. The second-order valence-corrected chi connectivity index (χ2v) is 6.89. The van der Waals surface area contributed by atoms with Crippen LogP contribution in [0.5, 0.6) is 0 Å². The van der Waals surface area contributed by atoms with Gasteiger partial charge in [-0.1, -0.05) is 6.07 Å². The molecule has 21 heavy (non-hydrogen) atoms. The van der Waals surface area contributed by atoms with Crippen LogP contribution in [0.25, 0.3) is 0 Å². The molecule has 2 rings (SSSR count). The van der Waals surface area contributed by atoms with E-state index in [4.69, 9.17) is 0 Å². The summed E-state index contributed by atoms with van der Waals surface area (Å²) in [6, 6.07) is 3.08. The lowest BCUT2D eigenvalue weighted by Crippen LogP contribution is -2.45. The fourth-order valence-corrected chi connectivity index (χ4v) is 3.13. The number of nitrogens with zero attached hydrogens (tertiary/aromatic N) is 1. The minimum absolute atomic E-state index is 0.0319. The second kappa shape index (κ2) is 7.26. The summed E-state index contributed by atoms with van der Waals surface area (Å²) >= 11 is 0. The van der Waals surface area contributed by atoms with Crippen molar-refractivity contribution in [3.05, 3.63) is 35.4 Å². The van der Waals surface area contributed by atoms with Crippen molar-refractivity contribution in [2.24, 2.45) is 0 Å². The first kappa shape index (κ1) is 16.3. The van der Waals surface area contributed by atoms with Crippen LogP contribution in [0.2, 0.25) is 0 Å². The van der Waals surface area contributed by atoms with Gasteiger partial charge in [-0.25, -0.2) is 21.9 Å². The van der Waals surface area contributed by atoms with E-state index >= 15 is 0 Å². The van der Waals surface area contributed by atoms with Crippen LogP contribution in [-0.4, -0.2) is 51.8 Å². The van der Waals surface area contributed by atoms with E-state index in [1.165, 1.54) is 6.07 Å². The fraction of sp³-hybridized carbons (Fsp3) is 0.538. The maximum absolute atomic E-state index is 13.4. The quantitative estimate of drug-likeness (QED) is 0.791. The molecule has 0 aliphatic carbocycles. The largest absolute Gasteiger partial charge is 0.314 e. The average molecular weight is 319 g/mol. The van der Waals surface area contributed by atoms with Crippen LogP contribution in [0.1, 0.15) is 5.56 Å². The van der Waals surface area contributed by atoms with Crippen LogP contribution >= 0.6 is 0 Å². The number of rotatable bonds is 6. The monoisotopic (exact) mass is 319 g/mol. The van der Waals surface area contributed by atoms with E-state index in [1.807, 2.05) is 0 Å². The van der Waals surface area contributed by atoms with Gasteiger partial charge in [0.15, 0.2) is 0 Å². The number of piperazine rings is 1. The highest BCUT2D eigenvalue weighted by Crippen LogP contribution is 2.09. The molecule has 5 nitrogen and oxygen atoms in total. The molecule has 1 saturated heterocycles. The first-order valence-corrected chi connectivity index (χ1v) is 8.46. The zero-order valence-corrected chi connectivity index (χ0v) is 12.4.